The van der Waals surface area contributed by atoms with Crippen molar-refractivity contribution in [1.29, 1.82) is 0 Å². The van der Waals surface area contributed by atoms with Crippen molar-refractivity contribution in [3.8, 4) is 0 Å². The van der Waals surface area contributed by atoms with Gasteiger partial charge in [0, 0.05) is 33.1 Å². The van der Waals surface area contributed by atoms with Gasteiger partial charge in [-0.15, -0.1) is 0 Å². The summed E-state index contributed by atoms with van der Waals surface area (Å²) in [5.74, 6) is 1.11. The Morgan fingerprint density at radius 3 is 2.36 bits per heavy atom. The molecule has 1 fully saturated rings. The molecule has 1 unspecified atom stereocenters. The van der Waals surface area contributed by atoms with Crippen LogP contribution in [0.5, 0.6) is 0 Å². The van der Waals surface area contributed by atoms with Gasteiger partial charge < -0.3 is 9.88 Å². The zero-order valence-electron chi connectivity index (χ0n) is 14.4. The SMILES string of the molecule is CC(=O)N1CCN(C(c2ccccc2)c2nc3ccccc3[nH]2)CC1. The highest BCUT2D eigenvalue weighted by Crippen LogP contribution is 2.29. The van der Waals surface area contributed by atoms with Gasteiger partial charge >= 0.3 is 0 Å². The van der Waals surface area contributed by atoms with E-state index in [4.69, 9.17) is 4.98 Å². The first-order chi connectivity index (χ1) is 12.2. The minimum Gasteiger partial charge on any atom is -0.340 e. The van der Waals surface area contributed by atoms with Crippen LogP contribution >= 0.6 is 0 Å². The van der Waals surface area contributed by atoms with Crippen LogP contribution in [-0.4, -0.2) is 51.9 Å². The molecule has 1 N–H and O–H groups in total. The topological polar surface area (TPSA) is 52.2 Å². The quantitative estimate of drug-likeness (QED) is 0.801. The Balaban J connectivity index is 1.69. The van der Waals surface area contributed by atoms with Gasteiger partial charge in [-0.05, 0) is 17.7 Å². The summed E-state index contributed by atoms with van der Waals surface area (Å²) < 4.78 is 0. The van der Waals surface area contributed by atoms with Gasteiger partial charge in [0.25, 0.3) is 0 Å². The second-order valence-corrected chi connectivity index (χ2v) is 6.49. The Labute approximate surface area is 147 Å². The van der Waals surface area contributed by atoms with E-state index in [-0.39, 0.29) is 11.9 Å². The van der Waals surface area contributed by atoms with Crippen molar-refractivity contribution in [3.05, 3.63) is 66.0 Å². The fourth-order valence-corrected chi connectivity index (χ4v) is 3.57. The van der Waals surface area contributed by atoms with Crippen molar-refractivity contribution < 1.29 is 4.79 Å². The Bertz CT molecular complexity index is 833. The largest absolute Gasteiger partial charge is 0.340 e. The van der Waals surface area contributed by atoms with Gasteiger partial charge in [0.1, 0.15) is 5.82 Å². The molecule has 0 saturated carbocycles. The lowest BCUT2D eigenvalue weighted by atomic mass is 10.0. The van der Waals surface area contributed by atoms with Crippen LogP contribution in [0.3, 0.4) is 0 Å². The second-order valence-electron chi connectivity index (χ2n) is 6.49. The van der Waals surface area contributed by atoms with Gasteiger partial charge in [-0.1, -0.05) is 42.5 Å². The average Bonchev–Trinajstić information content (AvgIpc) is 3.07. The first kappa shape index (κ1) is 15.8. The maximum Gasteiger partial charge on any atom is 0.219 e. The Morgan fingerprint density at radius 1 is 1.00 bits per heavy atom. The van der Waals surface area contributed by atoms with Crippen molar-refractivity contribution in [1.82, 2.24) is 19.8 Å². The number of aromatic amines is 1. The molecule has 1 saturated heterocycles. The number of nitrogens with one attached hydrogen (secondary N) is 1. The summed E-state index contributed by atoms with van der Waals surface area (Å²) in [7, 11) is 0. The lowest BCUT2D eigenvalue weighted by Crippen LogP contribution is -2.49. The minimum atomic E-state index is 0.0720. The summed E-state index contributed by atoms with van der Waals surface area (Å²) in [5.41, 5.74) is 3.26. The maximum atomic E-state index is 11.6. The number of nitrogens with zero attached hydrogens (tertiary/aromatic N) is 3. The van der Waals surface area contributed by atoms with Crippen LogP contribution in [-0.2, 0) is 4.79 Å². The third-order valence-electron chi connectivity index (χ3n) is 4.91. The number of amides is 1. The van der Waals surface area contributed by atoms with Crippen LogP contribution in [0.1, 0.15) is 24.4 Å². The number of imidazole rings is 1. The second kappa shape index (κ2) is 6.69. The van der Waals surface area contributed by atoms with E-state index in [9.17, 15) is 4.79 Å². The third kappa shape index (κ3) is 3.15. The zero-order valence-corrected chi connectivity index (χ0v) is 14.4. The van der Waals surface area contributed by atoms with E-state index < -0.39 is 0 Å². The molecule has 0 bridgehead atoms. The molecule has 3 aromatic rings. The van der Waals surface area contributed by atoms with E-state index in [0.717, 1.165) is 43.0 Å². The van der Waals surface area contributed by atoms with E-state index in [1.54, 1.807) is 6.92 Å². The van der Waals surface area contributed by atoms with E-state index >= 15 is 0 Å². The monoisotopic (exact) mass is 334 g/mol. The molecule has 0 spiro atoms. The van der Waals surface area contributed by atoms with E-state index in [1.165, 1.54) is 5.56 Å². The molecule has 1 atom stereocenters. The maximum absolute atomic E-state index is 11.6. The van der Waals surface area contributed by atoms with Crippen LogP contribution in [0.2, 0.25) is 0 Å². The number of piperazine rings is 1. The summed E-state index contributed by atoms with van der Waals surface area (Å²) in [4.78, 5) is 24.3. The summed E-state index contributed by atoms with van der Waals surface area (Å²) >= 11 is 0. The van der Waals surface area contributed by atoms with Crippen molar-refractivity contribution in [3.63, 3.8) is 0 Å². The number of benzene rings is 2. The predicted octanol–water partition coefficient (Wildman–Crippen LogP) is 2.82. The number of rotatable bonds is 3. The Kier molecular flexibility index (Phi) is 4.24. The van der Waals surface area contributed by atoms with Crippen LogP contribution in [0.15, 0.2) is 54.6 Å². The smallest absolute Gasteiger partial charge is 0.219 e. The molecule has 128 valence electrons. The first-order valence-corrected chi connectivity index (χ1v) is 8.71. The molecule has 1 aliphatic heterocycles. The van der Waals surface area contributed by atoms with Crippen LogP contribution in [0.4, 0.5) is 0 Å². The first-order valence-electron chi connectivity index (χ1n) is 8.71. The highest BCUT2D eigenvalue weighted by Gasteiger charge is 2.29. The number of H-pyrrole nitrogens is 1. The fourth-order valence-electron chi connectivity index (χ4n) is 3.57. The number of aromatic nitrogens is 2. The molecule has 0 radical (unpaired) electrons. The molecule has 2 aromatic carbocycles. The molecule has 25 heavy (non-hydrogen) atoms. The molecular weight excluding hydrogens is 312 g/mol. The average molecular weight is 334 g/mol. The molecular formula is C20H22N4O. The highest BCUT2D eigenvalue weighted by molar-refractivity contribution is 5.75. The molecule has 1 aliphatic rings. The highest BCUT2D eigenvalue weighted by atomic mass is 16.2. The van der Waals surface area contributed by atoms with Gasteiger partial charge in [0.2, 0.25) is 5.91 Å². The van der Waals surface area contributed by atoms with Crippen molar-refractivity contribution in [2.75, 3.05) is 26.2 Å². The van der Waals surface area contributed by atoms with Crippen molar-refractivity contribution in [2.45, 2.75) is 13.0 Å². The number of hydrogen-bond acceptors (Lipinski definition) is 3. The van der Waals surface area contributed by atoms with Gasteiger partial charge in [0.05, 0.1) is 17.1 Å². The van der Waals surface area contributed by atoms with Gasteiger partial charge in [0.15, 0.2) is 0 Å². The number of fused-ring (bicyclic) bond motifs is 1. The molecule has 1 amide bonds. The molecule has 5 heteroatoms. The minimum absolute atomic E-state index is 0.0720. The van der Waals surface area contributed by atoms with E-state index in [0.29, 0.717) is 0 Å². The predicted molar refractivity (Wildman–Crippen MR) is 98.2 cm³/mol. The molecule has 0 aliphatic carbocycles. The molecule has 1 aromatic heterocycles. The van der Waals surface area contributed by atoms with Crippen LogP contribution < -0.4 is 0 Å². The number of carbonyl (C=O) groups is 1. The fraction of sp³-hybridized carbons (Fsp3) is 0.300. The Morgan fingerprint density at radius 2 is 1.68 bits per heavy atom. The normalized spacial score (nSPS) is 16.9. The van der Waals surface area contributed by atoms with Gasteiger partial charge in [-0.3, -0.25) is 9.69 Å². The summed E-state index contributed by atoms with van der Waals surface area (Å²) in [6.45, 7) is 4.85. The van der Waals surface area contributed by atoms with Crippen LogP contribution in [0.25, 0.3) is 11.0 Å². The lowest BCUT2D eigenvalue weighted by molar-refractivity contribution is -0.130. The van der Waals surface area contributed by atoms with Gasteiger partial charge in [-0.2, -0.15) is 0 Å². The molecule has 2 heterocycles. The summed E-state index contributed by atoms with van der Waals surface area (Å²) in [6.07, 6.45) is 0. The standard InChI is InChI=1S/C20H22N4O/c1-15(25)23-11-13-24(14-12-23)19(16-7-3-2-4-8-16)20-21-17-9-5-6-10-18(17)22-20/h2-10,19H,11-14H2,1H3,(H,21,22). The summed E-state index contributed by atoms with van der Waals surface area (Å²) in [6, 6.07) is 18.7. The van der Waals surface area contributed by atoms with Crippen molar-refractivity contribution >= 4 is 16.9 Å². The number of para-hydroxylation sites is 2. The van der Waals surface area contributed by atoms with Crippen LogP contribution in [0, 0.1) is 0 Å². The number of carbonyl (C=O) groups excluding carboxylic acids is 1. The van der Waals surface area contributed by atoms with E-state index in [1.807, 2.05) is 29.2 Å². The third-order valence-corrected chi connectivity index (χ3v) is 4.91. The van der Waals surface area contributed by atoms with Gasteiger partial charge in [-0.25, -0.2) is 4.98 Å². The molecule has 4 rings (SSSR count). The lowest BCUT2D eigenvalue weighted by Gasteiger charge is -2.38. The van der Waals surface area contributed by atoms with E-state index in [2.05, 4.69) is 40.2 Å². The Hall–Kier alpha value is -2.66. The summed E-state index contributed by atoms with van der Waals surface area (Å²) in [5, 5.41) is 0. The van der Waals surface area contributed by atoms with Crippen molar-refractivity contribution in [2.24, 2.45) is 0 Å². The number of hydrogen-bond donors (Lipinski definition) is 1. The zero-order chi connectivity index (χ0) is 17.2. The molecule has 5 nitrogen and oxygen atoms in total.